The summed E-state index contributed by atoms with van der Waals surface area (Å²) in [5, 5.41) is 13.7. The highest BCUT2D eigenvalue weighted by molar-refractivity contribution is 7.71. The van der Waals surface area contributed by atoms with E-state index >= 15 is 0 Å². The molecule has 0 radical (unpaired) electrons. The number of hydrazone groups is 1. The van der Waals surface area contributed by atoms with Gasteiger partial charge in [0.05, 0.1) is 12.0 Å². The Morgan fingerprint density at radius 3 is 3.09 bits per heavy atom. The zero-order chi connectivity index (χ0) is 8.27. The number of rotatable bonds is 1. The third-order valence-electron chi connectivity index (χ3n) is 1.03. The van der Waals surface area contributed by atoms with Crippen LogP contribution in [0.25, 0.3) is 0 Å². The van der Waals surface area contributed by atoms with E-state index in [0.717, 1.165) is 0 Å². The number of H-pyrrole nitrogens is 1. The minimum Gasteiger partial charge on any atom is -0.856 e. The summed E-state index contributed by atoms with van der Waals surface area (Å²) in [7, 11) is 0. The van der Waals surface area contributed by atoms with Gasteiger partial charge in [-0.15, -0.1) is 0 Å². The van der Waals surface area contributed by atoms with E-state index in [2.05, 4.69) is 15.1 Å². The van der Waals surface area contributed by atoms with E-state index in [4.69, 9.17) is 18.1 Å². The largest absolute Gasteiger partial charge is 0.856 e. The van der Waals surface area contributed by atoms with Gasteiger partial charge in [-0.1, -0.05) is 12.2 Å². The van der Waals surface area contributed by atoms with Gasteiger partial charge >= 0.3 is 0 Å². The summed E-state index contributed by atoms with van der Waals surface area (Å²) in [4.78, 5) is 6.24. The lowest BCUT2D eigenvalue weighted by molar-refractivity contribution is -0.213. The Hall–Kier alpha value is -1.43. The molecular formula is C5H5N4OS-. The number of aromatic nitrogens is 2. The highest BCUT2D eigenvalue weighted by Crippen LogP contribution is 1.90. The number of nitrogens with zero attached hydrogens (tertiary/aromatic N) is 2. The molecule has 0 spiro atoms. The summed E-state index contributed by atoms with van der Waals surface area (Å²) in [6.45, 7) is 0. The van der Waals surface area contributed by atoms with Gasteiger partial charge in [-0.3, -0.25) is 0 Å². The molecule has 0 aliphatic carbocycles. The molecule has 3 N–H and O–H groups in total. The van der Waals surface area contributed by atoms with Crippen LogP contribution in [0.5, 0.6) is 0 Å². The number of hydrogen-bond donors (Lipinski definition) is 2. The summed E-state index contributed by atoms with van der Waals surface area (Å²) in [6.07, 6.45) is 1.32. The molecule has 0 aromatic carbocycles. The molecule has 11 heavy (non-hydrogen) atoms. The fourth-order valence-corrected chi connectivity index (χ4v) is 0.731. The van der Waals surface area contributed by atoms with E-state index in [1.54, 1.807) is 0 Å². The first-order chi connectivity index (χ1) is 5.24. The molecule has 5 nitrogen and oxygen atoms in total. The normalized spacial score (nSPS) is 11.5. The van der Waals surface area contributed by atoms with Crippen molar-refractivity contribution in [1.82, 2.24) is 9.97 Å². The molecule has 0 atom stereocenters. The Morgan fingerprint density at radius 1 is 1.82 bits per heavy atom. The molecule has 0 amide bonds. The fourth-order valence-electron chi connectivity index (χ4n) is 0.561. The topological polar surface area (TPSA) is 90.1 Å². The predicted octanol–water partition coefficient (Wildman–Crippen LogP) is -0.880. The van der Waals surface area contributed by atoms with Gasteiger partial charge in [0.1, 0.15) is 4.64 Å². The average molecular weight is 169 g/mol. The van der Waals surface area contributed by atoms with Crippen molar-refractivity contribution < 1.29 is 5.11 Å². The maximum absolute atomic E-state index is 10.8. The van der Waals surface area contributed by atoms with Gasteiger partial charge in [-0.25, -0.2) is 4.98 Å². The summed E-state index contributed by atoms with van der Waals surface area (Å²) in [5.41, 5.74) is 0.243. The van der Waals surface area contributed by atoms with Crippen molar-refractivity contribution in [2.24, 2.45) is 10.9 Å². The van der Waals surface area contributed by atoms with Crippen LogP contribution in [0.15, 0.2) is 17.5 Å². The number of hydrogen-bond acceptors (Lipinski definition) is 5. The van der Waals surface area contributed by atoms with Crippen LogP contribution in [0, 0.1) is 4.64 Å². The summed E-state index contributed by atoms with van der Waals surface area (Å²) >= 11 is 4.70. The average Bonchev–Trinajstić information content (AvgIpc) is 2.03. The van der Waals surface area contributed by atoms with Crippen LogP contribution in [0.2, 0.25) is 0 Å². The van der Waals surface area contributed by atoms with Crippen LogP contribution in [0.4, 0.5) is 0 Å². The molecule has 0 saturated heterocycles. The van der Waals surface area contributed by atoms with Gasteiger partial charge in [0.25, 0.3) is 0 Å². The molecule has 0 saturated carbocycles. The Kier molecular flexibility index (Phi) is 2.17. The molecule has 0 unspecified atom stereocenters. The van der Waals surface area contributed by atoms with E-state index < -0.39 is 5.90 Å². The molecule has 0 fully saturated rings. The minimum absolute atomic E-state index is 0.243. The molecule has 1 rings (SSSR count). The minimum atomic E-state index is -0.543. The van der Waals surface area contributed by atoms with Crippen LogP contribution in [0.1, 0.15) is 5.69 Å². The van der Waals surface area contributed by atoms with Crippen LogP contribution in [0.3, 0.4) is 0 Å². The second-order valence-electron chi connectivity index (χ2n) is 1.73. The third-order valence-corrected chi connectivity index (χ3v) is 1.25. The highest BCUT2D eigenvalue weighted by Gasteiger charge is 1.89. The lowest BCUT2D eigenvalue weighted by atomic mass is 10.4. The fraction of sp³-hybridized carbons (Fsp3) is 0. The number of aromatic amines is 1. The standard InChI is InChI=1S/C5H6N4OS/c6-9-5(10)3-1-4(11)8-2-7-3/h1-2H,6H2,(H,9,10)(H,7,8,11)/p-1. The number of nitrogens with two attached hydrogens (primary N) is 1. The molecule has 6 heteroatoms. The van der Waals surface area contributed by atoms with Crippen LogP contribution >= 0.6 is 12.2 Å². The molecule has 1 aromatic rings. The zero-order valence-corrected chi connectivity index (χ0v) is 6.26. The van der Waals surface area contributed by atoms with E-state index in [1.165, 1.54) is 12.4 Å². The van der Waals surface area contributed by atoms with Gasteiger partial charge in [-0.05, 0) is 6.07 Å². The molecule has 0 aliphatic rings. The molecule has 0 bridgehead atoms. The van der Waals surface area contributed by atoms with Gasteiger partial charge < -0.3 is 15.9 Å². The summed E-state index contributed by atoms with van der Waals surface area (Å²) in [6, 6.07) is 1.40. The van der Waals surface area contributed by atoms with Crippen molar-refractivity contribution in [1.29, 1.82) is 0 Å². The van der Waals surface area contributed by atoms with Crippen molar-refractivity contribution in [3.63, 3.8) is 0 Å². The van der Waals surface area contributed by atoms with Gasteiger partial charge in [0.15, 0.2) is 0 Å². The summed E-state index contributed by atoms with van der Waals surface area (Å²) in [5.74, 6) is 4.21. The SMILES string of the molecule is NN=C([O-])c1cc(=S)nc[nH]1. The third kappa shape index (κ3) is 1.74. The first kappa shape index (κ1) is 7.67. The summed E-state index contributed by atoms with van der Waals surface area (Å²) < 4.78 is 0.329. The molecular weight excluding hydrogens is 164 g/mol. The first-order valence-corrected chi connectivity index (χ1v) is 3.15. The van der Waals surface area contributed by atoms with Crippen molar-refractivity contribution in [2.75, 3.05) is 0 Å². The Labute approximate surface area is 67.6 Å². The monoisotopic (exact) mass is 169 g/mol. The second kappa shape index (κ2) is 3.11. The van der Waals surface area contributed by atoms with Crippen molar-refractivity contribution in [3.8, 4) is 0 Å². The van der Waals surface area contributed by atoms with E-state index in [0.29, 0.717) is 4.64 Å². The molecule has 1 heterocycles. The lowest BCUT2D eigenvalue weighted by Gasteiger charge is -2.06. The molecule has 58 valence electrons. The quantitative estimate of drug-likeness (QED) is 0.188. The second-order valence-corrected chi connectivity index (χ2v) is 2.15. The molecule has 0 aliphatic heterocycles. The van der Waals surface area contributed by atoms with Gasteiger partial charge in [0.2, 0.25) is 0 Å². The maximum Gasteiger partial charge on any atom is 0.130 e. The van der Waals surface area contributed by atoms with Crippen LogP contribution in [-0.4, -0.2) is 15.9 Å². The van der Waals surface area contributed by atoms with Gasteiger partial charge in [-0.2, -0.15) is 5.10 Å². The lowest BCUT2D eigenvalue weighted by Crippen LogP contribution is -2.21. The van der Waals surface area contributed by atoms with E-state index in [1.807, 2.05) is 0 Å². The van der Waals surface area contributed by atoms with Crippen molar-refractivity contribution in [2.45, 2.75) is 0 Å². The number of nitrogens with one attached hydrogen (secondary N) is 1. The highest BCUT2D eigenvalue weighted by atomic mass is 32.1. The van der Waals surface area contributed by atoms with Crippen LogP contribution in [-0.2, 0) is 0 Å². The predicted molar refractivity (Wildman–Crippen MR) is 40.1 cm³/mol. The van der Waals surface area contributed by atoms with Gasteiger partial charge in [0, 0.05) is 5.90 Å². The van der Waals surface area contributed by atoms with E-state index in [9.17, 15) is 5.11 Å². The maximum atomic E-state index is 10.8. The van der Waals surface area contributed by atoms with Crippen LogP contribution < -0.4 is 10.9 Å². The van der Waals surface area contributed by atoms with Crippen molar-refractivity contribution in [3.05, 3.63) is 22.7 Å². The Morgan fingerprint density at radius 2 is 2.55 bits per heavy atom. The Balaban J connectivity index is 3.16. The van der Waals surface area contributed by atoms with E-state index in [-0.39, 0.29) is 5.69 Å². The molecule has 1 aromatic heterocycles. The first-order valence-electron chi connectivity index (χ1n) is 2.74. The Bertz CT molecular complexity index is 331. The smallest absolute Gasteiger partial charge is 0.130 e. The van der Waals surface area contributed by atoms with Crippen molar-refractivity contribution >= 4 is 18.1 Å². The zero-order valence-electron chi connectivity index (χ0n) is 5.44.